The molecule has 0 bridgehead atoms. The lowest BCUT2D eigenvalue weighted by atomic mass is 10.2. The quantitative estimate of drug-likeness (QED) is 0.779. The molecule has 0 saturated heterocycles. The standard InChI is InChI=1S/C16H14ClN3O3/c1-22-13-4-2-3-12(16(18)21)15(13)23-9-11-8-20-7-10(17)5-6-14(20)19-11/h2-8H,9H2,1H3,(H2,18,21). The van der Waals surface area contributed by atoms with Gasteiger partial charge in [0.25, 0.3) is 5.91 Å². The summed E-state index contributed by atoms with van der Waals surface area (Å²) in [5, 5.41) is 0.614. The van der Waals surface area contributed by atoms with E-state index >= 15 is 0 Å². The first-order valence-electron chi connectivity index (χ1n) is 6.81. The van der Waals surface area contributed by atoms with Crippen LogP contribution in [0.4, 0.5) is 0 Å². The van der Waals surface area contributed by atoms with Crippen molar-refractivity contribution in [3.05, 3.63) is 59.0 Å². The van der Waals surface area contributed by atoms with Crippen LogP contribution in [0.15, 0.2) is 42.7 Å². The van der Waals surface area contributed by atoms with Gasteiger partial charge in [-0.25, -0.2) is 4.98 Å². The van der Waals surface area contributed by atoms with E-state index < -0.39 is 5.91 Å². The van der Waals surface area contributed by atoms with Crippen molar-refractivity contribution in [2.75, 3.05) is 7.11 Å². The predicted octanol–water partition coefficient (Wildman–Crippen LogP) is 2.67. The molecule has 0 radical (unpaired) electrons. The Labute approximate surface area is 137 Å². The van der Waals surface area contributed by atoms with E-state index in [4.69, 9.17) is 26.8 Å². The van der Waals surface area contributed by atoms with E-state index in [2.05, 4.69) is 4.98 Å². The van der Waals surface area contributed by atoms with Crippen LogP contribution in [0.25, 0.3) is 5.65 Å². The fourth-order valence-electron chi connectivity index (χ4n) is 2.25. The van der Waals surface area contributed by atoms with Gasteiger partial charge < -0.3 is 19.6 Å². The molecule has 0 spiro atoms. The zero-order chi connectivity index (χ0) is 16.4. The second-order valence-corrected chi connectivity index (χ2v) is 5.27. The number of imidazole rings is 1. The summed E-state index contributed by atoms with van der Waals surface area (Å²) in [4.78, 5) is 16.0. The van der Waals surface area contributed by atoms with Crippen LogP contribution >= 0.6 is 11.6 Å². The number of amides is 1. The Balaban J connectivity index is 1.88. The van der Waals surface area contributed by atoms with Crippen LogP contribution in [0.5, 0.6) is 11.5 Å². The molecule has 3 aromatic rings. The number of fused-ring (bicyclic) bond motifs is 1. The van der Waals surface area contributed by atoms with Crippen molar-refractivity contribution in [3.63, 3.8) is 0 Å². The highest BCUT2D eigenvalue weighted by molar-refractivity contribution is 6.30. The van der Waals surface area contributed by atoms with E-state index in [1.54, 1.807) is 41.1 Å². The van der Waals surface area contributed by atoms with Gasteiger partial charge in [-0.2, -0.15) is 0 Å². The molecule has 0 aliphatic carbocycles. The summed E-state index contributed by atoms with van der Waals surface area (Å²) >= 11 is 5.95. The van der Waals surface area contributed by atoms with Gasteiger partial charge in [0.15, 0.2) is 11.5 Å². The Bertz CT molecular complexity index is 876. The minimum absolute atomic E-state index is 0.167. The molecule has 1 amide bonds. The summed E-state index contributed by atoms with van der Waals surface area (Å²) in [6.45, 7) is 0.167. The van der Waals surface area contributed by atoms with Crippen LogP contribution in [-0.4, -0.2) is 22.4 Å². The number of ether oxygens (including phenoxy) is 2. The molecule has 0 unspecified atom stereocenters. The number of hydrogen-bond acceptors (Lipinski definition) is 4. The van der Waals surface area contributed by atoms with E-state index in [9.17, 15) is 4.79 Å². The lowest BCUT2D eigenvalue weighted by Gasteiger charge is -2.12. The summed E-state index contributed by atoms with van der Waals surface area (Å²) in [6.07, 6.45) is 3.56. The van der Waals surface area contributed by atoms with Gasteiger partial charge >= 0.3 is 0 Å². The van der Waals surface area contributed by atoms with Gasteiger partial charge in [0.1, 0.15) is 12.3 Å². The van der Waals surface area contributed by atoms with Crippen molar-refractivity contribution in [1.29, 1.82) is 0 Å². The summed E-state index contributed by atoms with van der Waals surface area (Å²) in [7, 11) is 1.50. The molecule has 23 heavy (non-hydrogen) atoms. The number of para-hydroxylation sites is 1. The number of methoxy groups -OCH3 is 1. The molecule has 2 heterocycles. The number of primary amides is 1. The van der Waals surface area contributed by atoms with Crippen LogP contribution in [0.2, 0.25) is 5.02 Å². The normalized spacial score (nSPS) is 10.7. The van der Waals surface area contributed by atoms with E-state index in [1.165, 1.54) is 7.11 Å². The summed E-state index contributed by atoms with van der Waals surface area (Å²) < 4.78 is 12.8. The maximum atomic E-state index is 11.5. The molecule has 7 heteroatoms. The average Bonchev–Trinajstić information content (AvgIpc) is 2.94. The summed E-state index contributed by atoms with van der Waals surface area (Å²) in [6, 6.07) is 8.54. The number of carbonyl (C=O) groups excluding carboxylic acids is 1. The second kappa shape index (κ2) is 6.18. The molecule has 2 N–H and O–H groups in total. The minimum Gasteiger partial charge on any atom is -0.493 e. The highest BCUT2D eigenvalue weighted by atomic mass is 35.5. The molecule has 0 aliphatic rings. The molecule has 0 saturated carbocycles. The first-order chi connectivity index (χ1) is 11.1. The van der Waals surface area contributed by atoms with Crippen molar-refractivity contribution in [2.24, 2.45) is 5.73 Å². The van der Waals surface area contributed by atoms with E-state index in [0.29, 0.717) is 22.2 Å². The maximum absolute atomic E-state index is 11.5. The van der Waals surface area contributed by atoms with Crippen LogP contribution in [0.3, 0.4) is 0 Å². The molecule has 1 aromatic carbocycles. The van der Waals surface area contributed by atoms with Crippen molar-refractivity contribution >= 4 is 23.2 Å². The van der Waals surface area contributed by atoms with Crippen LogP contribution in [0, 0.1) is 0 Å². The number of nitrogens with two attached hydrogens (primary N) is 1. The Morgan fingerprint density at radius 1 is 1.30 bits per heavy atom. The van der Waals surface area contributed by atoms with Gasteiger partial charge in [-0.3, -0.25) is 4.79 Å². The number of pyridine rings is 1. The number of hydrogen-bond donors (Lipinski definition) is 1. The van der Waals surface area contributed by atoms with Crippen molar-refractivity contribution in [2.45, 2.75) is 6.61 Å². The van der Waals surface area contributed by atoms with Crippen LogP contribution < -0.4 is 15.2 Å². The Morgan fingerprint density at radius 2 is 2.13 bits per heavy atom. The van der Waals surface area contributed by atoms with Crippen LogP contribution in [-0.2, 0) is 6.61 Å². The van der Waals surface area contributed by atoms with E-state index in [1.807, 2.05) is 6.07 Å². The van der Waals surface area contributed by atoms with Gasteiger partial charge in [0.2, 0.25) is 0 Å². The number of carbonyl (C=O) groups is 1. The fraction of sp³-hybridized carbons (Fsp3) is 0.125. The van der Waals surface area contributed by atoms with Gasteiger partial charge in [-0.05, 0) is 24.3 Å². The third kappa shape index (κ3) is 3.07. The largest absolute Gasteiger partial charge is 0.493 e. The van der Waals surface area contributed by atoms with Gasteiger partial charge in [-0.15, -0.1) is 0 Å². The Kier molecular flexibility index (Phi) is 4.08. The molecule has 3 rings (SSSR count). The number of nitrogens with zero attached hydrogens (tertiary/aromatic N) is 2. The number of rotatable bonds is 5. The maximum Gasteiger partial charge on any atom is 0.252 e. The predicted molar refractivity (Wildman–Crippen MR) is 86.0 cm³/mol. The average molecular weight is 332 g/mol. The monoisotopic (exact) mass is 331 g/mol. The second-order valence-electron chi connectivity index (χ2n) is 4.83. The highest BCUT2D eigenvalue weighted by Gasteiger charge is 2.15. The lowest BCUT2D eigenvalue weighted by Crippen LogP contribution is -2.13. The zero-order valence-corrected chi connectivity index (χ0v) is 13.1. The SMILES string of the molecule is COc1cccc(C(N)=O)c1OCc1cn2cc(Cl)ccc2n1. The van der Waals surface area contributed by atoms with E-state index in [0.717, 1.165) is 5.65 Å². The third-order valence-electron chi connectivity index (χ3n) is 3.29. The number of benzene rings is 1. The van der Waals surface area contributed by atoms with Crippen molar-refractivity contribution < 1.29 is 14.3 Å². The molecule has 0 aliphatic heterocycles. The summed E-state index contributed by atoms with van der Waals surface area (Å²) in [5.41, 5.74) is 7.08. The first-order valence-corrected chi connectivity index (χ1v) is 7.19. The molecular formula is C16H14ClN3O3. The van der Waals surface area contributed by atoms with Gasteiger partial charge in [0, 0.05) is 12.4 Å². The molecule has 2 aromatic heterocycles. The third-order valence-corrected chi connectivity index (χ3v) is 3.52. The Hall–Kier alpha value is -2.73. The highest BCUT2D eigenvalue weighted by Crippen LogP contribution is 2.31. The Morgan fingerprint density at radius 3 is 2.87 bits per heavy atom. The number of aromatic nitrogens is 2. The van der Waals surface area contributed by atoms with Crippen LogP contribution in [0.1, 0.15) is 16.1 Å². The lowest BCUT2D eigenvalue weighted by molar-refractivity contribution is 0.0995. The molecule has 118 valence electrons. The van der Waals surface area contributed by atoms with Crippen molar-refractivity contribution in [3.8, 4) is 11.5 Å². The van der Waals surface area contributed by atoms with E-state index in [-0.39, 0.29) is 12.2 Å². The van der Waals surface area contributed by atoms with Gasteiger partial charge in [-0.1, -0.05) is 17.7 Å². The smallest absolute Gasteiger partial charge is 0.252 e. The first kappa shape index (κ1) is 15.2. The van der Waals surface area contributed by atoms with Crippen molar-refractivity contribution in [1.82, 2.24) is 9.38 Å². The zero-order valence-electron chi connectivity index (χ0n) is 12.3. The fourth-order valence-corrected chi connectivity index (χ4v) is 2.42. The topological polar surface area (TPSA) is 78.8 Å². The van der Waals surface area contributed by atoms with Gasteiger partial charge in [0.05, 0.1) is 23.4 Å². The number of halogens is 1. The molecule has 0 fully saturated rings. The summed E-state index contributed by atoms with van der Waals surface area (Å²) in [5.74, 6) is 0.159. The molecular weight excluding hydrogens is 318 g/mol. The molecule has 0 atom stereocenters. The molecule has 6 nitrogen and oxygen atoms in total. The minimum atomic E-state index is -0.583.